The fourth-order valence-corrected chi connectivity index (χ4v) is 2.27. The first kappa shape index (κ1) is 8.56. The van der Waals surface area contributed by atoms with Gasteiger partial charge in [-0.15, -0.1) is 0 Å². The van der Waals surface area contributed by atoms with Gasteiger partial charge in [-0.25, -0.2) is 10.6 Å². The summed E-state index contributed by atoms with van der Waals surface area (Å²) in [6, 6.07) is 0. The van der Waals surface area contributed by atoms with Crippen molar-refractivity contribution in [1.29, 1.82) is 0 Å². The molecule has 0 aromatic heterocycles. The topological polar surface area (TPSA) is 64.3 Å². The molecule has 4 heteroatoms. The van der Waals surface area contributed by atoms with E-state index in [0.29, 0.717) is 5.92 Å². The van der Waals surface area contributed by atoms with Gasteiger partial charge in [0.15, 0.2) is 0 Å². The van der Waals surface area contributed by atoms with Gasteiger partial charge < -0.3 is 4.74 Å². The van der Waals surface area contributed by atoms with Crippen LogP contribution in [0.25, 0.3) is 0 Å². The van der Waals surface area contributed by atoms with Gasteiger partial charge in [0.1, 0.15) is 6.10 Å². The van der Waals surface area contributed by atoms with Gasteiger partial charge >= 0.3 is 6.09 Å². The van der Waals surface area contributed by atoms with Crippen LogP contribution in [0.3, 0.4) is 0 Å². The number of carbonyl (C=O) groups is 1. The Morgan fingerprint density at radius 1 is 1.69 bits per heavy atom. The Morgan fingerprint density at radius 2 is 2.54 bits per heavy atom. The molecular formula is C9H14N2O2. The lowest BCUT2D eigenvalue weighted by atomic mass is 10.1. The van der Waals surface area contributed by atoms with Crippen molar-refractivity contribution in [2.45, 2.75) is 31.8 Å². The van der Waals surface area contributed by atoms with Gasteiger partial charge in [0.05, 0.1) is 0 Å². The summed E-state index contributed by atoms with van der Waals surface area (Å²) in [5.41, 5.74) is 3.43. The minimum Gasteiger partial charge on any atom is -0.441 e. The first-order valence-corrected chi connectivity index (χ1v) is 4.67. The summed E-state index contributed by atoms with van der Waals surface area (Å²) in [7, 11) is 0. The summed E-state index contributed by atoms with van der Waals surface area (Å²) in [6.45, 7) is 0. The third-order valence-electron chi connectivity index (χ3n) is 2.84. The number of nitrogens with two attached hydrogens (primary N) is 1. The van der Waals surface area contributed by atoms with Crippen molar-refractivity contribution in [2.75, 3.05) is 0 Å². The SMILES string of the molecule is NNC(=O)OC1C=C2CCCC2C1. The predicted octanol–water partition coefficient (Wildman–Crippen LogP) is 1.09. The van der Waals surface area contributed by atoms with Crippen molar-refractivity contribution >= 4 is 6.09 Å². The van der Waals surface area contributed by atoms with Gasteiger partial charge in [0.25, 0.3) is 0 Å². The van der Waals surface area contributed by atoms with E-state index in [1.807, 2.05) is 5.43 Å². The molecule has 13 heavy (non-hydrogen) atoms. The normalized spacial score (nSPS) is 31.0. The van der Waals surface area contributed by atoms with Gasteiger partial charge in [0.2, 0.25) is 0 Å². The molecule has 2 aliphatic carbocycles. The molecule has 2 atom stereocenters. The van der Waals surface area contributed by atoms with Crippen molar-refractivity contribution in [3.8, 4) is 0 Å². The van der Waals surface area contributed by atoms with Crippen LogP contribution < -0.4 is 11.3 Å². The van der Waals surface area contributed by atoms with Crippen LogP contribution in [-0.2, 0) is 4.74 Å². The maximum Gasteiger partial charge on any atom is 0.421 e. The molecule has 4 nitrogen and oxygen atoms in total. The minimum atomic E-state index is -0.540. The Balaban J connectivity index is 1.91. The van der Waals surface area contributed by atoms with Gasteiger partial charge in [-0.2, -0.15) is 0 Å². The van der Waals surface area contributed by atoms with E-state index in [0.717, 1.165) is 6.42 Å². The van der Waals surface area contributed by atoms with Crippen molar-refractivity contribution in [1.82, 2.24) is 5.43 Å². The standard InChI is InChI=1S/C9H14N2O2/c10-11-9(12)13-8-4-6-2-1-3-7(6)5-8/h4,7-8H,1-3,5,10H2,(H,11,12). The lowest BCUT2D eigenvalue weighted by Gasteiger charge is -2.10. The van der Waals surface area contributed by atoms with Crippen LogP contribution >= 0.6 is 0 Å². The molecule has 0 aromatic carbocycles. The molecule has 2 rings (SSSR count). The second-order valence-electron chi connectivity index (χ2n) is 3.65. The zero-order chi connectivity index (χ0) is 9.26. The van der Waals surface area contributed by atoms with Crippen LogP contribution in [0.4, 0.5) is 4.79 Å². The van der Waals surface area contributed by atoms with Crippen LogP contribution in [-0.4, -0.2) is 12.2 Å². The maximum absolute atomic E-state index is 10.8. The van der Waals surface area contributed by atoms with Crippen LogP contribution in [0.2, 0.25) is 0 Å². The molecule has 0 heterocycles. The highest BCUT2D eigenvalue weighted by Gasteiger charge is 2.31. The predicted molar refractivity (Wildman–Crippen MR) is 47.6 cm³/mol. The average Bonchev–Trinajstić information content (AvgIpc) is 2.63. The summed E-state index contributed by atoms with van der Waals surface area (Å²) in [5, 5.41) is 0. The van der Waals surface area contributed by atoms with E-state index in [4.69, 9.17) is 10.6 Å². The molecule has 72 valence electrons. The summed E-state index contributed by atoms with van der Waals surface area (Å²) < 4.78 is 5.05. The molecule has 0 aromatic rings. The third-order valence-corrected chi connectivity index (χ3v) is 2.84. The zero-order valence-corrected chi connectivity index (χ0v) is 7.45. The number of hydrogen-bond acceptors (Lipinski definition) is 3. The van der Waals surface area contributed by atoms with Gasteiger partial charge in [-0.1, -0.05) is 5.57 Å². The number of allylic oxidation sites excluding steroid dienone is 1. The van der Waals surface area contributed by atoms with Gasteiger partial charge in [0, 0.05) is 0 Å². The second-order valence-corrected chi connectivity index (χ2v) is 3.65. The Hall–Kier alpha value is -1.03. The van der Waals surface area contributed by atoms with Crippen molar-refractivity contribution < 1.29 is 9.53 Å². The van der Waals surface area contributed by atoms with Gasteiger partial charge in [-0.3, -0.25) is 5.43 Å². The number of hydrogen-bond donors (Lipinski definition) is 2. The van der Waals surface area contributed by atoms with E-state index >= 15 is 0 Å². The highest BCUT2D eigenvalue weighted by molar-refractivity contribution is 5.66. The van der Waals surface area contributed by atoms with Crippen molar-refractivity contribution in [2.24, 2.45) is 11.8 Å². The zero-order valence-electron chi connectivity index (χ0n) is 7.45. The molecule has 0 saturated heterocycles. The van der Waals surface area contributed by atoms with E-state index in [9.17, 15) is 4.79 Å². The summed E-state index contributed by atoms with van der Waals surface area (Å²) in [4.78, 5) is 10.8. The van der Waals surface area contributed by atoms with E-state index in [2.05, 4.69) is 6.08 Å². The third kappa shape index (κ3) is 1.67. The molecule has 1 amide bonds. The van der Waals surface area contributed by atoms with E-state index in [1.54, 1.807) is 0 Å². The molecule has 0 radical (unpaired) electrons. The molecule has 1 saturated carbocycles. The maximum atomic E-state index is 10.8. The molecular weight excluding hydrogens is 168 g/mol. The van der Waals surface area contributed by atoms with Crippen LogP contribution in [0.15, 0.2) is 11.6 Å². The van der Waals surface area contributed by atoms with E-state index in [-0.39, 0.29) is 6.10 Å². The fraction of sp³-hybridized carbons (Fsp3) is 0.667. The first-order chi connectivity index (χ1) is 6.29. The summed E-state index contributed by atoms with van der Waals surface area (Å²) in [5.74, 6) is 5.58. The van der Waals surface area contributed by atoms with Crippen LogP contribution in [0.1, 0.15) is 25.7 Å². The first-order valence-electron chi connectivity index (χ1n) is 4.67. The fourth-order valence-electron chi connectivity index (χ4n) is 2.27. The number of rotatable bonds is 1. The number of ether oxygens (including phenoxy) is 1. The number of hydrazine groups is 1. The number of nitrogens with one attached hydrogen (secondary N) is 1. The molecule has 0 spiro atoms. The van der Waals surface area contributed by atoms with Crippen molar-refractivity contribution in [3.63, 3.8) is 0 Å². The van der Waals surface area contributed by atoms with Crippen LogP contribution in [0, 0.1) is 5.92 Å². The molecule has 0 bridgehead atoms. The highest BCUT2D eigenvalue weighted by atomic mass is 16.6. The minimum absolute atomic E-state index is 0.0520. The number of amides is 1. The average molecular weight is 182 g/mol. The largest absolute Gasteiger partial charge is 0.441 e. The monoisotopic (exact) mass is 182 g/mol. The molecule has 1 fully saturated rings. The lowest BCUT2D eigenvalue weighted by Crippen LogP contribution is -2.33. The quantitative estimate of drug-likeness (QED) is 0.276. The molecule has 2 unspecified atom stereocenters. The molecule has 2 aliphatic rings. The number of carbonyl (C=O) groups excluding carboxylic acids is 1. The van der Waals surface area contributed by atoms with E-state index < -0.39 is 6.09 Å². The summed E-state index contributed by atoms with van der Waals surface area (Å²) in [6.07, 6.45) is 6.14. The van der Waals surface area contributed by atoms with Crippen molar-refractivity contribution in [3.05, 3.63) is 11.6 Å². The Morgan fingerprint density at radius 3 is 3.23 bits per heavy atom. The lowest BCUT2D eigenvalue weighted by molar-refractivity contribution is 0.115. The van der Waals surface area contributed by atoms with E-state index in [1.165, 1.54) is 24.8 Å². The number of fused-ring (bicyclic) bond motifs is 1. The van der Waals surface area contributed by atoms with Crippen LogP contribution in [0.5, 0.6) is 0 Å². The Labute approximate surface area is 77.1 Å². The Kier molecular flexibility index (Phi) is 2.22. The van der Waals surface area contributed by atoms with Gasteiger partial charge in [-0.05, 0) is 37.7 Å². The molecule has 0 aliphatic heterocycles. The second kappa shape index (κ2) is 3.38. The smallest absolute Gasteiger partial charge is 0.421 e. The summed E-state index contributed by atoms with van der Waals surface area (Å²) >= 11 is 0. The Bertz CT molecular complexity index is 250. The highest BCUT2D eigenvalue weighted by Crippen LogP contribution is 2.40. The molecule has 3 N–H and O–H groups in total.